The van der Waals surface area contributed by atoms with E-state index in [9.17, 15) is 13.6 Å². The molecule has 0 amide bonds. The summed E-state index contributed by atoms with van der Waals surface area (Å²) in [5.41, 5.74) is 0.684. The van der Waals surface area contributed by atoms with Crippen molar-refractivity contribution in [2.75, 3.05) is 5.32 Å². The Morgan fingerprint density at radius 1 is 1.30 bits per heavy atom. The van der Waals surface area contributed by atoms with E-state index in [2.05, 4.69) is 10.3 Å². The monoisotopic (exact) mass is 376 g/mol. The second kappa shape index (κ2) is 8.33. The lowest BCUT2D eigenvalue weighted by Gasteiger charge is -2.16. The molecule has 2 N–H and O–H groups in total. The van der Waals surface area contributed by atoms with Gasteiger partial charge in [-0.15, -0.1) is 0 Å². The van der Waals surface area contributed by atoms with Crippen molar-refractivity contribution in [3.63, 3.8) is 0 Å². The van der Waals surface area contributed by atoms with Crippen molar-refractivity contribution in [1.82, 2.24) is 4.98 Å². The summed E-state index contributed by atoms with van der Waals surface area (Å²) in [6.07, 6.45) is 3.32. The molecule has 0 bridgehead atoms. The predicted molar refractivity (Wildman–Crippen MR) is 97.8 cm³/mol. The first-order valence-corrected chi connectivity index (χ1v) is 9.10. The third-order valence-electron chi connectivity index (χ3n) is 4.66. The minimum atomic E-state index is -1.31. The summed E-state index contributed by atoms with van der Waals surface area (Å²) in [5, 5.41) is 12.4. The minimum Gasteiger partial charge on any atom is -0.479 e. The summed E-state index contributed by atoms with van der Waals surface area (Å²) in [6, 6.07) is 7.85. The fraction of sp³-hybridized carbons (Fsp3) is 0.400. The SMILES string of the molecule is CCC(Oc1c(F)cc(-c2cccc(NC3CCCC3)n2)cc1F)C(=O)O. The summed E-state index contributed by atoms with van der Waals surface area (Å²) >= 11 is 0. The Morgan fingerprint density at radius 3 is 2.56 bits per heavy atom. The molecule has 2 aromatic rings. The van der Waals surface area contributed by atoms with Gasteiger partial charge < -0.3 is 15.2 Å². The lowest BCUT2D eigenvalue weighted by atomic mass is 10.1. The molecule has 1 heterocycles. The van der Waals surface area contributed by atoms with Gasteiger partial charge in [0.15, 0.2) is 23.5 Å². The Morgan fingerprint density at radius 2 is 1.96 bits per heavy atom. The number of ether oxygens (including phenoxy) is 1. The van der Waals surface area contributed by atoms with Crippen LogP contribution in [0.2, 0.25) is 0 Å². The number of nitrogens with zero attached hydrogens (tertiary/aromatic N) is 1. The van der Waals surface area contributed by atoms with Crippen LogP contribution in [0.5, 0.6) is 5.75 Å². The number of hydrogen-bond donors (Lipinski definition) is 2. The first kappa shape index (κ1) is 19.1. The fourth-order valence-electron chi connectivity index (χ4n) is 3.23. The zero-order chi connectivity index (χ0) is 19.4. The molecule has 3 rings (SSSR count). The molecular weight excluding hydrogens is 354 g/mol. The Bertz CT molecular complexity index is 800. The smallest absolute Gasteiger partial charge is 0.344 e. The molecule has 1 fully saturated rings. The first-order chi connectivity index (χ1) is 13.0. The first-order valence-electron chi connectivity index (χ1n) is 9.10. The number of halogens is 2. The summed E-state index contributed by atoms with van der Waals surface area (Å²) in [5.74, 6) is -3.21. The second-order valence-corrected chi connectivity index (χ2v) is 6.66. The van der Waals surface area contributed by atoms with Crippen LogP contribution >= 0.6 is 0 Å². The van der Waals surface area contributed by atoms with Crippen LogP contribution in [0.4, 0.5) is 14.6 Å². The molecule has 0 saturated heterocycles. The van der Waals surface area contributed by atoms with E-state index < -0.39 is 29.5 Å². The van der Waals surface area contributed by atoms with Gasteiger partial charge in [-0.3, -0.25) is 0 Å². The van der Waals surface area contributed by atoms with Gasteiger partial charge in [0.2, 0.25) is 0 Å². The number of anilines is 1. The van der Waals surface area contributed by atoms with Gasteiger partial charge in [0.05, 0.1) is 5.69 Å². The van der Waals surface area contributed by atoms with Gasteiger partial charge in [0.1, 0.15) is 5.82 Å². The highest BCUT2D eigenvalue weighted by atomic mass is 19.1. The molecule has 1 unspecified atom stereocenters. The van der Waals surface area contributed by atoms with Gasteiger partial charge in [0.25, 0.3) is 0 Å². The van der Waals surface area contributed by atoms with E-state index in [-0.39, 0.29) is 12.0 Å². The molecule has 0 radical (unpaired) electrons. The molecule has 1 saturated carbocycles. The molecule has 5 nitrogen and oxygen atoms in total. The molecular formula is C20H22F2N2O3. The highest BCUT2D eigenvalue weighted by Gasteiger charge is 2.22. The Balaban J connectivity index is 1.84. The van der Waals surface area contributed by atoms with Crippen LogP contribution < -0.4 is 10.1 Å². The number of benzene rings is 1. The molecule has 7 heteroatoms. The molecule has 144 valence electrons. The molecule has 1 atom stereocenters. The zero-order valence-corrected chi connectivity index (χ0v) is 15.0. The van der Waals surface area contributed by atoms with Gasteiger partial charge in [-0.05, 0) is 43.5 Å². The number of nitrogens with one attached hydrogen (secondary N) is 1. The fourth-order valence-corrected chi connectivity index (χ4v) is 3.23. The van der Waals surface area contributed by atoms with E-state index in [4.69, 9.17) is 9.84 Å². The molecule has 0 aliphatic heterocycles. The summed E-state index contributed by atoms with van der Waals surface area (Å²) in [7, 11) is 0. The normalized spacial score (nSPS) is 15.5. The van der Waals surface area contributed by atoms with E-state index in [0.29, 0.717) is 17.6 Å². The lowest BCUT2D eigenvalue weighted by molar-refractivity contribution is -0.145. The number of aliphatic carboxylic acids is 1. The zero-order valence-electron chi connectivity index (χ0n) is 15.0. The number of carboxylic acid groups (broad SMARTS) is 1. The molecule has 1 aliphatic rings. The van der Waals surface area contributed by atoms with Crippen LogP contribution in [0, 0.1) is 11.6 Å². The van der Waals surface area contributed by atoms with Crippen molar-refractivity contribution in [3.05, 3.63) is 42.0 Å². The average molecular weight is 376 g/mol. The largest absolute Gasteiger partial charge is 0.479 e. The van der Waals surface area contributed by atoms with Crippen LogP contribution in [0.1, 0.15) is 39.0 Å². The van der Waals surface area contributed by atoms with Crippen molar-refractivity contribution in [2.24, 2.45) is 0 Å². The lowest BCUT2D eigenvalue weighted by Crippen LogP contribution is -2.26. The third-order valence-corrected chi connectivity index (χ3v) is 4.66. The molecule has 27 heavy (non-hydrogen) atoms. The maximum Gasteiger partial charge on any atom is 0.344 e. The van der Waals surface area contributed by atoms with E-state index in [1.54, 1.807) is 19.1 Å². The number of pyridine rings is 1. The number of carbonyl (C=O) groups is 1. The van der Waals surface area contributed by atoms with Crippen molar-refractivity contribution >= 4 is 11.8 Å². The van der Waals surface area contributed by atoms with Crippen LogP contribution in [-0.4, -0.2) is 28.2 Å². The Hall–Kier alpha value is -2.70. The number of hydrogen-bond acceptors (Lipinski definition) is 4. The standard InChI is InChI=1S/C20H22F2N2O3/c1-2-17(20(25)26)27-19-14(21)10-12(11-15(19)22)16-8-5-9-18(24-16)23-13-6-3-4-7-13/h5,8-11,13,17H,2-4,6-7H2,1H3,(H,23,24)(H,25,26). The summed E-state index contributed by atoms with van der Waals surface area (Å²) in [6.45, 7) is 1.57. The Kier molecular flexibility index (Phi) is 5.88. The van der Waals surface area contributed by atoms with Gasteiger partial charge in [-0.25, -0.2) is 18.6 Å². The van der Waals surface area contributed by atoms with E-state index >= 15 is 0 Å². The van der Waals surface area contributed by atoms with Gasteiger partial charge in [-0.2, -0.15) is 0 Å². The maximum absolute atomic E-state index is 14.4. The highest BCUT2D eigenvalue weighted by molar-refractivity contribution is 5.72. The average Bonchev–Trinajstić information content (AvgIpc) is 3.14. The highest BCUT2D eigenvalue weighted by Crippen LogP contribution is 2.30. The van der Waals surface area contributed by atoms with E-state index in [1.807, 2.05) is 6.07 Å². The van der Waals surface area contributed by atoms with Crippen LogP contribution in [0.25, 0.3) is 11.3 Å². The van der Waals surface area contributed by atoms with Crippen molar-refractivity contribution < 1.29 is 23.4 Å². The summed E-state index contributed by atoms with van der Waals surface area (Å²) in [4.78, 5) is 15.5. The van der Waals surface area contributed by atoms with Crippen molar-refractivity contribution in [1.29, 1.82) is 0 Å². The number of aromatic nitrogens is 1. The Labute approximate surface area is 156 Å². The minimum absolute atomic E-state index is 0.0897. The maximum atomic E-state index is 14.4. The third kappa shape index (κ3) is 4.53. The topological polar surface area (TPSA) is 71.5 Å². The number of carboxylic acids is 1. The van der Waals surface area contributed by atoms with E-state index in [0.717, 1.165) is 25.0 Å². The molecule has 1 aliphatic carbocycles. The van der Waals surface area contributed by atoms with Gasteiger partial charge in [0, 0.05) is 11.6 Å². The van der Waals surface area contributed by atoms with Gasteiger partial charge in [-0.1, -0.05) is 25.8 Å². The molecule has 0 spiro atoms. The number of rotatable bonds is 7. The van der Waals surface area contributed by atoms with Crippen molar-refractivity contribution in [3.8, 4) is 17.0 Å². The van der Waals surface area contributed by atoms with Crippen LogP contribution in [0.15, 0.2) is 30.3 Å². The van der Waals surface area contributed by atoms with Crippen LogP contribution in [0.3, 0.4) is 0 Å². The summed E-state index contributed by atoms with van der Waals surface area (Å²) < 4.78 is 33.8. The molecule has 1 aromatic carbocycles. The second-order valence-electron chi connectivity index (χ2n) is 6.66. The predicted octanol–water partition coefficient (Wildman–Crippen LogP) is 4.62. The molecule has 1 aromatic heterocycles. The quantitative estimate of drug-likeness (QED) is 0.738. The van der Waals surface area contributed by atoms with Gasteiger partial charge >= 0.3 is 5.97 Å². The van der Waals surface area contributed by atoms with E-state index in [1.165, 1.54) is 12.8 Å². The van der Waals surface area contributed by atoms with Crippen LogP contribution in [-0.2, 0) is 4.79 Å². The van der Waals surface area contributed by atoms with Crippen molar-refractivity contribution in [2.45, 2.75) is 51.2 Å².